The second kappa shape index (κ2) is 5.16. The van der Waals surface area contributed by atoms with Crippen LogP contribution >= 0.6 is 0 Å². The number of rotatable bonds is 3. The van der Waals surface area contributed by atoms with E-state index < -0.39 is 0 Å². The summed E-state index contributed by atoms with van der Waals surface area (Å²) < 4.78 is 16.8. The van der Waals surface area contributed by atoms with Crippen molar-refractivity contribution in [2.45, 2.75) is 25.5 Å². The van der Waals surface area contributed by atoms with Crippen LogP contribution in [0.2, 0.25) is 0 Å². The first-order valence-corrected chi connectivity index (χ1v) is 6.54. The summed E-state index contributed by atoms with van der Waals surface area (Å²) in [7, 11) is 1.72. The van der Waals surface area contributed by atoms with Crippen LogP contribution in [0.4, 0.5) is 0 Å². The SMILES string of the molecule is COCc1ccc2c(c1C1CCCN1)OCCO2. The van der Waals surface area contributed by atoms with Crippen LogP contribution in [0.5, 0.6) is 11.5 Å². The Morgan fingerprint density at radius 2 is 2.22 bits per heavy atom. The molecule has 4 heteroatoms. The zero-order chi connectivity index (χ0) is 12.4. The van der Waals surface area contributed by atoms with Crippen molar-refractivity contribution in [3.05, 3.63) is 23.3 Å². The number of benzene rings is 1. The Labute approximate surface area is 107 Å². The molecule has 0 aromatic heterocycles. The molecule has 0 bridgehead atoms. The van der Waals surface area contributed by atoms with E-state index in [1.165, 1.54) is 17.5 Å². The predicted octanol–water partition coefficient (Wildman–Crippen LogP) is 2.03. The fourth-order valence-electron chi connectivity index (χ4n) is 2.77. The lowest BCUT2D eigenvalue weighted by molar-refractivity contribution is 0.163. The minimum absolute atomic E-state index is 0.367. The first-order chi connectivity index (χ1) is 8.90. The van der Waals surface area contributed by atoms with Gasteiger partial charge in [-0.2, -0.15) is 0 Å². The third kappa shape index (κ3) is 2.06. The first kappa shape index (κ1) is 11.8. The number of hydrogen-bond donors (Lipinski definition) is 1. The molecule has 98 valence electrons. The number of hydrogen-bond acceptors (Lipinski definition) is 4. The molecule has 2 aliphatic rings. The van der Waals surface area contributed by atoms with E-state index in [9.17, 15) is 0 Å². The van der Waals surface area contributed by atoms with Crippen LogP contribution in [0, 0.1) is 0 Å². The maximum atomic E-state index is 5.83. The summed E-state index contributed by atoms with van der Waals surface area (Å²) in [5, 5.41) is 3.53. The molecular formula is C14H19NO3. The molecule has 1 atom stereocenters. The summed E-state index contributed by atoms with van der Waals surface area (Å²) in [5.41, 5.74) is 2.42. The van der Waals surface area contributed by atoms with Gasteiger partial charge in [-0.3, -0.25) is 0 Å². The third-order valence-electron chi connectivity index (χ3n) is 3.55. The van der Waals surface area contributed by atoms with Crippen LogP contribution in [-0.2, 0) is 11.3 Å². The molecule has 1 fully saturated rings. The Morgan fingerprint density at radius 1 is 1.33 bits per heavy atom. The van der Waals surface area contributed by atoms with Gasteiger partial charge >= 0.3 is 0 Å². The van der Waals surface area contributed by atoms with Crippen molar-refractivity contribution in [2.24, 2.45) is 0 Å². The van der Waals surface area contributed by atoms with Crippen LogP contribution in [0.15, 0.2) is 12.1 Å². The highest BCUT2D eigenvalue weighted by Gasteiger charge is 2.27. The molecular weight excluding hydrogens is 230 g/mol. The van der Waals surface area contributed by atoms with Gasteiger partial charge < -0.3 is 19.5 Å². The van der Waals surface area contributed by atoms with Gasteiger partial charge in [-0.25, -0.2) is 0 Å². The van der Waals surface area contributed by atoms with Gasteiger partial charge in [0.05, 0.1) is 6.61 Å². The second-order valence-corrected chi connectivity index (χ2v) is 4.74. The van der Waals surface area contributed by atoms with Crippen LogP contribution < -0.4 is 14.8 Å². The molecule has 18 heavy (non-hydrogen) atoms. The van der Waals surface area contributed by atoms with E-state index in [0.717, 1.165) is 24.5 Å². The largest absolute Gasteiger partial charge is 0.486 e. The van der Waals surface area contributed by atoms with E-state index in [0.29, 0.717) is 25.9 Å². The van der Waals surface area contributed by atoms with E-state index in [2.05, 4.69) is 11.4 Å². The average Bonchev–Trinajstić information content (AvgIpc) is 2.92. The zero-order valence-corrected chi connectivity index (χ0v) is 10.7. The second-order valence-electron chi connectivity index (χ2n) is 4.74. The van der Waals surface area contributed by atoms with Crippen molar-refractivity contribution in [2.75, 3.05) is 26.9 Å². The lowest BCUT2D eigenvalue weighted by atomic mass is 9.97. The minimum Gasteiger partial charge on any atom is -0.486 e. The molecule has 0 spiro atoms. The van der Waals surface area contributed by atoms with Gasteiger partial charge in [0.1, 0.15) is 13.2 Å². The highest BCUT2D eigenvalue weighted by molar-refractivity contribution is 5.53. The van der Waals surface area contributed by atoms with Gasteiger partial charge in [0, 0.05) is 18.7 Å². The topological polar surface area (TPSA) is 39.7 Å². The molecule has 1 saturated heterocycles. The van der Waals surface area contributed by atoms with Gasteiger partial charge in [0.2, 0.25) is 0 Å². The van der Waals surface area contributed by atoms with Crippen LogP contribution in [0.3, 0.4) is 0 Å². The summed E-state index contributed by atoms with van der Waals surface area (Å²) >= 11 is 0. The summed E-state index contributed by atoms with van der Waals surface area (Å²) in [4.78, 5) is 0. The van der Waals surface area contributed by atoms with E-state index >= 15 is 0 Å². The Bertz CT molecular complexity index is 427. The van der Waals surface area contributed by atoms with Crippen molar-refractivity contribution in [3.8, 4) is 11.5 Å². The summed E-state index contributed by atoms with van der Waals surface area (Å²) in [6.07, 6.45) is 2.36. The van der Waals surface area contributed by atoms with Gasteiger partial charge in [-0.1, -0.05) is 6.07 Å². The van der Waals surface area contributed by atoms with Crippen LogP contribution in [-0.4, -0.2) is 26.9 Å². The summed E-state index contributed by atoms with van der Waals surface area (Å²) in [6, 6.07) is 4.44. The lowest BCUT2D eigenvalue weighted by Gasteiger charge is -2.26. The number of fused-ring (bicyclic) bond motifs is 1. The maximum Gasteiger partial charge on any atom is 0.166 e. The molecule has 1 unspecified atom stereocenters. The lowest BCUT2D eigenvalue weighted by Crippen LogP contribution is -2.21. The van der Waals surface area contributed by atoms with Crippen molar-refractivity contribution in [1.82, 2.24) is 5.32 Å². The quantitative estimate of drug-likeness (QED) is 0.889. The van der Waals surface area contributed by atoms with Crippen LogP contribution in [0.1, 0.15) is 30.0 Å². The molecule has 1 N–H and O–H groups in total. The minimum atomic E-state index is 0.367. The fourth-order valence-corrected chi connectivity index (χ4v) is 2.77. The Hall–Kier alpha value is -1.26. The van der Waals surface area contributed by atoms with Gasteiger partial charge in [0.25, 0.3) is 0 Å². The smallest absolute Gasteiger partial charge is 0.166 e. The van der Waals surface area contributed by atoms with E-state index in [-0.39, 0.29) is 0 Å². The average molecular weight is 249 g/mol. The summed E-state index contributed by atoms with van der Waals surface area (Å²) in [5.74, 6) is 1.78. The molecule has 1 aromatic rings. The highest BCUT2D eigenvalue weighted by Crippen LogP contribution is 2.41. The van der Waals surface area contributed by atoms with Crippen molar-refractivity contribution in [1.29, 1.82) is 0 Å². The fraction of sp³-hybridized carbons (Fsp3) is 0.571. The molecule has 1 aromatic carbocycles. The Balaban J connectivity index is 2.04. The number of methoxy groups -OCH3 is 1. The molecule has 2 aliphatic heterocycles. The Morgan fingerprint density at radius 3 is 3.00 bits per heavy atom. The van der Waals surface area contributed by atoms with Gasteiger partial charge in [0.15, 0.2) is 11.5 Å². The highest BCUT2D eigenvalue weighted by atomic mass is 16.6. The first-order valence-electron chi connectivity index (χ1n) is 6.54. The third-order valence-corrected chi connectivity index (χ3v) is 3.55. The van der Waals surface area contributed by atoms with Crippen molar-refractivity contribution in [3.63, 3.8) is 0 Å². The monoisotopic (exact) mass is 249 g/mol. The number of nitrogens with one attached hydrogen (secondary N) is 1. The molecule has 2 heterocycles. The molecule has 0 saturated carbocycles. The van der Waals surface area contributed by atoms with E-state index in [4.69, 9.17) is 14.2 Å². The zero-order valence-electron chi connectivity index (χ0n) is 10.7. The van der Waals surface area contributed by atoms with E-state index in [1.807, 2.05) is 6.07 Å². The molecule has 0 amide bonds. The Kier molecular flexibility index (Phi) is 3.39. The predicted molar refractivity (Wildman–Crippen MR) is 68.1 cm³/mol. The molecule has 4 nitrogen and oxygen atoms in total. The number of ether oxygens (including phenoxy) is 3. The van der Waals surface area contributed by atoms with Crippen molar-refractivity contribution >= 4 is 0 Å². The summed E-state index contributed by atoms with van der Waals surface area (Å²) in [6.45, 7) is 2.95. The van der Waals surface area contributed by atoms with E-state index in [1.54, 1.807) is 7.11 Å². The van der Waals surface area contributed by atoms with Crippen molar-refractivity contribution < 1.29 is 14.2 Å². The molecule has 0 aliphatic carbocycles. The molecule has 0 radical (unpaired) electrons. The van der Waals surface area contributed by atoms with Gasteiger partial charge in [-0.05, 0) is 31.0 Å². The normalized spacial score (nSPS) is 22.2. The van der Waals surface area contributed by atoms with Gasteiger partial charge in [-0.15, -0.1) is 0 Å². The maximum absolute atomic E-state index is 5.83. The van der Waals surface area contributed by atoms with Crippen LogP contribution in [0.25, 0.3) is 0 Å². The standard InChI is InChI=1S/C14H19NO3/c1-16-9-10-4-5-12-14(18-8-7-17-12)13(10)11-3-2-6-15-11/h4-5,11,15H,2-3,6-9H2,1H3. The molecule has 3 rings (SSSR count).